The molecule has 39 heavy (non-hydrogen) atoms. The second kappa shape index (κ2) is 13.1. The van der Waals surface area contributed by atoms with Crippen molar-refractivity contribution < 1.29 is 24.5 Å². The maximum atomic E-state index is 11.7. The summed E-state index contributed by atoms with van der Waals surface area (Å²) in [5.74, 6) is 0.504. The molecule has 0 aliphatic carbocycles. The Balaban J connectivity index is 1.30. The predicted molar refractivity (Wildman–Crippen MR) is 153 cm³/mol. The van der Waals surface area contributed by atoms with Crippen LogP contribution >= 0.6 is 0 Å². The largest absolute Gasteiger partial charge is 0.490 e. The van der Waals surface area contributed by atoms with Gasteiger partial charge in [-0.2, -0.15) is 0 Å². The van der Waals surface area contributed by atoms with Crippen LogP contribution in [0.25, 0.3) is 11.1 Å². The highest BCUT2D eigenvalue weighted by atomic mass is 16.5. The highest BCUT2D eigenvalue weighted by molar-refractivity contribution is 5.88. The number of hydrogen-bond donors (Lipinski definition) is 2. The first kappa shape index (κ1) is 27.9. The van der Waals surface area contributed by atoms with Gasteiger partial charge in [0.1, 0.15) is 30.3 Å². The average molecular weight is 526 g/mol. The van der Waals surface area contributed by atoms with E-state index in [1.54, 1.807) is 24.3 Å². The molecular weight excluding hydrogens is 490 g/mol. The molecule has 0 aliphatic rings. The van der Waals surface area contributed by atoms with Gasteiger partial charge in [-0.25, -0.2) is 4.79 Å². The van der Waals surface area contributed by atoms with E-state index in [0.717, 1.165) is 41.0 Å². The monoisotopic (exact) mass is 525 g/mol. The summed E-state index contributed by atoms with van der Waals surface area (Å²) in [7, 11) is 4.08. The van der Waals surface area contributed by atoms with E-state index >= 15 is 0 Å². The topological polar surface area (TPSA) is 79.2 Å². The van der Waals surface area contributed by atoms with Gasteiger partial charge in [0.15, 0.2) is 0 Å². The van der Waals surface area contributed by atoms with Gasteiger partial charge in [-0.05, 0) is 92.1 Å². The maximum Gasteiger partial charge on any atom is 0.335 e. The second-order valence-corrected chi connectivity index (χ2v) is 9.76. The molecule has 4 rings (SSSR count). The van der Waals surface area contributed by atoms with E-state index in [1.165, 1.54) is 0 Å². The lowest BCUT2D eigenvalue weighted by molar-refractivity contribution is 0.0663. The van der Waals surface area contributed by atoms with Crippen LogP contribution < -0.4 is 9.47 Å². The number of aliphatic hydroxyl groups is 1. The third-order valence-corrected chi connectivity index (χ3v) is 6.67. The fourth-order valence-corrected chi connectivity index (χ4v) is 4.52. The molecule has 0 aliphatic heterocycles. The van der Waals surface area contributed by atoms with Crippen LogP contribution in [-0.4, -0.2) is 54.9 Å². The zero-order valence-corrected chi connectivity index (χ0v) is 22.4. The van der Waals surface area contributed by atoms with Crippen molar-refractivity contribution in [2.24, 2.45) is 0 Å². The van der Waals surface area contributed by atoms with Crippen molar-refractivity contribution in [2.45, 2.75) is 18.4 Å². The molecule has 0 bridgehead atoms. The quantitative estimate of drug-likeness (QED) is 0.206. The van der Waals surface area contributed by atoms with Crippen molar-refractivity contribution >= 4 is 5.97 Å². The number of benzene rings is 4. The summed E-state index contributed by atoms with van der Waals surface area (Å²) in [6.07, 6.45) is 1.49. The Hall–Kier alpha value is -4.13. The molecule has 2 N–H and O–H groups in total. The first-order valence-electron chi connectivity index (χ1n) is 13.1. The molecule has 202 valence electrons. The summed E-state index contributed by atoms with van der Waals surface area (Å²) in [4.78, 5) is 13.2. The zero-order valence-electron chi connectivity index (χ0n) is 22.4. The Kier molecular flexibility index (Phi) is 9.36. The lowest BCUT2D eigenvalue weighted by atomic mass is 9.82. The number of rotatable bonds is 13. The number of carboxylic acid groups (broad SMARTS) is 1. The van der Waals surface area contributed by atoms with Crippen LogP contribution in [0.3, 0.4) is 0 Å². The normalized spacial score (nSPS) is 12.6. The molecule has 0 unspecified atom stereocenters. The van der Waals surface area contributed by atoms with Gasteiger partial charge < -0.3 is 24.6 Å². The predicted octanol–water partition coefficient (Wildman–Crippen LogP) is 6.09. The first-order valence-corrected chi connectivity index (χ1v) is 13.1. The molecule has 1 atom stereocenters. The lowest BCUT2D eigenvalue weighted by Gasteiger charge is -2.30. The molecule has 0 fully saturated rings. The van der Waals surface area contributed by atoms with Gasteiger partial charge in [-0.3, -0.25) is 0 Å². The highest BCUT2D eigenvalue weighted by Crippen LogP contribution is 2.35. The van der Waals surface area contributed by atoms with E-state index in [9.17, 15) is 9.90 Å². The van der Waals surface area contributed by atoms with Crippen molar-refractivity contribution in [2.75, 3.05) is 33.9 Å². The van der Waals surface area contributed by atoms with Crippen LogP contribution in [0.1, 0.15) is 34.3 Å². The molecule has 6 nitrogen and oxygen atoms in total. The number of ether oxygens (including phenoxy) is 2. The Morgan fingerprint density at radius 3 is 1.72 bits per heavy atom. The van der Waals surface area contributed by atoms with Crippen molar-refractivity contribution in [3.8, 4) is 22.6 Å². The summed E-state index contributed by atoms with van der Waals surface area (Å²) in [6.45, 7) is 1.66. The summed E-state index contributed by atoms with van der Waals surface area (Å²) < 4.78 is 11.7. The number of aromatic carboxylic acids is 1. The van der Waals surface area contributed by atoms with Crippen LogP contribution in [0.5, 0.6) is 11.5 Å². The van der Waals surface area contributed by atoms with Crippen LogP contribution in [0.4, 0.5) is 0 Å². The minimum atomic E-state index is -1.07. The van der Waals surface area contributed by atoms with Gasteiger partial charge in [-0.1, -0.05) is 66.7 Å². The summed E-state index contributed by atoms with van der Waals surface area (Å²) >= 11 is 0. The Morgan fingerprint density at radius 1 is 0.718 bits per heavy atom. The fourth-order valence-electron chi connectivity index (χ4n) is 4.52. The molecule has 0 amide bonds. The molecule has 0 spiro atoms. The Bertz CT molecular complexity index is 1320. The lowest BCUT2D eigenvalue weighted by Crippen LogP contribution is -2.28. The molecule has 0 saturated carbocycles. The molecule has 0 saturated heterocycles. The van der Waals surface area contributed by atoms with Gasteiger partial charge in [0.2, 0.25) is 0 Å². The minimum absolute atomic E-state index is 0.264. The minimum Gasteiger partial charge on any atom is -0.490 e. The second-order valence-electron chi connectivity index (χ2n) is 9.76. The van der Waals surface area contributed by atoms with E-state index in [1.807, 2.05) is 93.0 Å². The van der Waals surface area contributed by atoms with Gasteiger partial charge in [0, 0.05) is 0 Å². The van der Waals surface area contributed by atoms with Crippen LogP contribution in [0.15, 0.2) is 103 Å². The summed E-state index contributed by atoms with van der Waals surface area (Å²) in [5, 5.41) is 20.8. The van der Waals surface area contributed by atoms with Crippen molar-refractivity contribution in [3.05, 3.63) is 120 Å². The Morgan fingerprint density at radius 2 is 1.21 bits per heavy atom. The van der Waals surface area contributed by atoms with E-state index in [-0.39, 0.29) is 5.56 Å². The zero-order chi connectivity index (χ0) is 27.7. The molecule has 0 aromatic heterocycles. The van der Waals surface area contributed by atoms with Crippen LogP contribution in [-0.2, 0) is 5.60 Å². The van der Waals surface area contributed by atoms with Crippen LogP contribution in [0, 0.1) is 0 Å². The standard InChI is InChI=1S/C33H35NO5/c1-34(2)22-6-21-33(37,28-7-4-3-5-8-28)29-15-19-31(20-16-29)39-24-23-38-30-17-13-26(14-18-30)25-9-11-27(12-10-25)32(35)36/h3-5,7-20,37H,6,21-24H2,1-2H3,(H,35,36)/t33-/m0/s1. The molecule has 0 heterocycles. The average Bonchev–Trinajstić information content (AvgIpc) is 2.96. The van der Waals surface area contributed by atoms with E-state index in [4.69, 9.17) is 14.6 Å². The molecule has 4 aromatic carbocycles. The van der Waals surface area contributed by atoms with E-state index in [0.29, 0.717) is 25.4 Å². The number of carbonyl (C=O) groups is 1. The van der Waals surface area contributed by atoms with Gasteiger partial charge in [-0.15, -0.1) is 0 Å². The fraction of sp³-hybridized carbons (Fsp3) is 0.242. The smallest absolute Gasteiger partial charge is 0.335 e. The van der Waals surface area contributed by atoms with Crippen molar-refractivity contribution in [1.82, 2.24) is 4.90 Å². The van der Waals surface area contributed by atoms with Gasteiger partial charge >= 0.3 is 5.97 Å². The maximum absolute atomic E-state index is 11.7. The summed E-state index contributed by atoms with van der Waals surface area (Å²) in [5.41, 5.74) is 2.84. The third kappa shape index (κ3) is 7.47. The Labute approximate surface area is 230 Å². The summed E-state index contributed by atoms with van der Waals surface area (Å²) in [6, 6.07) is 31.9. The van der Waals surface area contributed by atoms with Crippen molar-refractivity contribution in [3.63, 3.8) is 0 Å². The number of hydrogen-bond acceptors (Lipinski definition) is 5. The van der Waals surface area contributed by atoms with Crippen LogP contribution in [0.2, 0.25) is 0 Å². The highest BCUT2D eigenvalue weighted by Gasteiger charge is 2.31. The van der Waals surface area contributed by atoms with E-state index in [2.05, 4.69) is 4.90 Å². The molecule has 4 aromatic rings. The first-order chi connectivity index (χ1) is 18.8. The number of carboxylic acids is 1. The van der Waals surface area contributed by atoms with Crippen molar-refractivity contribution in [1.29, 1.82) is 0 Å². The third-order valence-electron chi connectivity index (χ3n) is 6.67. The van der Waals surface area contributed by atoms with E-state index < -0.39 is 11.6 Å². The number of nitrogens with zero attached hydrogens (tertiary/aromatic N) is 1. The van der Waals surface area contributed by atoms with Gasteiger partial charge in [0.05, 0.1) is 5.56 Å². The van der Waals surface area contributed by atoms with Gasteiger partial charge in [0.25, 0.3) is 0 Å². The molecule has 6 heteroatoms. The SMILES string of the molecule is CN(C)CCC[C@](O)(c1ccccc1)c1ccc(OCCOc2ccc(-c3ccc(C(=O)O)cc3)cc2)cc1. The molecular formula is C33H35NO5. The molecule has 0 radical (unpaired) electrons.